The molecular weight excluding hydrogens is 268 g/mol. The number of nitrogens with two attached hydrogens (primary N) is 1. The molecule has 0 aliphatic carbocycles. The standard InChI is InChI=1S/C13H17ClN2O3/c1-8(6-7-15)12(17)16-11(13(18)19)9-4-2-3-5-10(9)14/h2-5,8,11H,6-7,15H2,1H3,(H,16,17)(H,18,19)/t8?,11-/m1/s1. The van der Waals surface area contributed by atoms with E-state index in [1.807, 2.05) is 0 Å². The van der Waals surface area contributed by atoms with Crippen molar-refractivity contribution in [1.29, 1.82) is 0 Å². The molecule has 2 atom stereocenters. The summed E-state index contributed by atoms with van der Waals surface area (Å²) in [6.45, 7) is 2.08. The lowest BCUT2D eigenvalue weighted by Gasteiger charge is -2.18. The molecule has 0 fully saturated rings. The van der Waals surface area contributed by atoms with Crippen LogP contribution in [0.3, 0.4) is 0 Å². The number of benzene rings is 1. The second-order valence-corrected chi connectivity index (χ2v) is 4.69. The van der Waals surface area contributed by atoms with E-state index in [4.69, 9.17) is 17.3 Å². The Morgan fingerprint density at radius 3 is 2.58 bits per heavy atom. The molecule has 1 unspecified atom stereocenters. The number of hydrogen-bond acceptors (Lipinski definition) is 3. The molecule has 1 aromatic rings. The Labute approximate surface area is 116 Å². The van der Waals surface area contributed by atoms with Crippen molar-refractivity contribution in [2.75, 3.05) is 6.54 Å². The zero-order chi connectivity index (χ0) is 14.4. The van der Waals surface area contributed by atoms with E-state index in [9.17, 15) is 14.7 Å². The zero-order valence-corrected chi connectivity index (χ0v) is 11.4. The van der Waals surface area contributed by atoms with E-state index < -0.39 is 12.0 Å². The molecule has 0 heterocycles. The normalized spacial score (nSPS) is 13.6. The Morgan fingerprint density at radius 1 is 1.42 bits per heavy atom. The molecule has 5 nitrogen and oxygen atoms in total. The van der Waals surface area contributed by atoms with E-state index in [0.29, 0.717) is 23.6 Å². The van der Waals surface area contributed by atoms with Crippen molar-refractivity contribution in [3.05, 3.63) is 34.9 Å². The highest BCUT2D eigenvalue weighted by Crippen LogP contribution is 2.23. The quantitative estimate of drug-likeness (QED) is 0.739. The number of amides is 1. The molecule has 0 saturated heterocycles. The highest BCUT2D eigenvalue weighted by molar-refractivity contribution is 6.31. The van der Waals surface area contributed by atoms with Crippen LogP contribution >= 0.6 is 11.6 Å². The van der Waals surface area contributed by atoms with E-state index in [1.54, 1.807) is 31.2 Å². The first-order valence-corrected chi connectivity index (χ1v) is 6.32. The van der Waals surface area contributed by atoms with E-state index in [1.165, 1.54) is 0 Å². The van der Waals surface area contributed by atoms with Crippen LogP contribution in [0, 0.1) is 5.92 Å². The molecule has 0 bridgehead atoms. The number of carbonyl (C=O) groups is 2. The van der Waals surface area contributed by atoms with Gasteiger partial charge in [0.05, 0.1) is 0 Å². The topological polar surface area (TPSA) is 92.4 Å². The Kier molecular flexibility index (Phi) is 5.79. The van der Waals surface area contributed by atoms with Gasteiger partial charge in [-0.15, -0.1) is 0 Å². The molecule has 19 heavy (non-hydrogen) atoms. The molecule has 0 aliphatic rings. The molecule has 0 aromatic heterocycles. The molecule has 0 radical (unpaired) electrons. The third kappa shape index (κ3) is 4.22. The maximum atomic E-state index is 11.9. The van der Waals surface area contributed by atoms with Gasteiger partial charge in [0.2, 0.25) is 5.91 Å². The fourth-order valence-corrected chi connectivity index (χ4v) is 1.89. The van der Waals surface area contributed by atoms with E-state index in [2.05, 4.69) is 5.32 Å². The van der Waals surface area contributed by atoms with Crippen molar-refractivity contribution in [2.24, 2.45) is 11.7 Å². The minimum absolute atomic E-state index is 0.307. The van der Waals surface area contributed by atoms with Crippen LogP contribution in [0.25, 0.3) is 0 Å². The van der Waals surface area contributed by atoms with Gasteiger partial charge in [-0.05, 0) is 19.0 Å². The molecular formula is C13H17ClN2O3. The lowest BCUT2D eigenvalue weighted by Crippen LogP contribution is -2.37. The molecule has 0 spiro atoms. The summed E-state index contributed by atoms with van der Waals surface area (Å²) in [5.74, 6) is -1.84. The van der Waals surface area contributed by atoms with Gasteiger partial charge in [0, 0.05) is 16.5 Å². The maximum Gasteiger partial charge on any atom is 0.330 e. The largest absolute Gasteiger partial charge is 0.479 e. The van der Waals surface area contributed by atoms with Gasteiger partial charge in [-0.1, -0.05) is 36.7 Å². The number of aliphatic carboxylic acids is 1. The number of nitrogens with one attached hydrogen (secondary N) is 1. The number of halogens is 1. The summed E-state index contributed by atoms with van der Waals surface area (Å²) in [4.78, 5) is 23.1. The van der Waals surface area contributed by atoms with Gasteiger partial charge in [0.1, 0.15) is 0 Å². The molecule has 0 saturated carbocycles. The first kappa shape index (κ1) is 15.5. The first-order valence-electron chi connectivity index (χ1n) is 5.95. The molecule has 1 rings (SSSR count). The van der Waals surface area contributed by atoms with E-state index in [0.717, 1.165) is 0 Å². The van der Waals surface area contributed by atoms with Crippen LogP contribution in [-0.4, -0.2) is 23.5 Å². The van der Waals surface area contributed by atoms with Gasteiger partial charge in [0.15, 0.2) is 6.04 Å². The van der Waals surface area contributed by atoms with Crippen molar-refractivity contribution >= 4 is 23.5 Å². The Bertz CT molecular complexity index is 465. The second-order valence-electron chi connectivity index (χ2n) is 4.28. The lowest BCUT2D eigenvalue weighted by molar-refractivity contribution is -0.142. The van der Waals surface area contributed by atoms with Crippen molar-refractivity contribution < 1.29 is 14.7 Å². The summed E-state index contributed by atoms with van der Waals surface area (Å²) >= 11 is 5.95. The summed E-state index contributed by atoms with van der Waals surface area (Å²) in [6, 6.07) is 5.38. The predicted molar refractivity (Wildman–Crippen MR) is 72.8 cm³/mol. The highest BCUT2D eigenvalue weighted by Gasteiger charge is 2.25. The molecule has 6 heteroatoms. The molecule has 4 N–H and O–H groups in total. The van der Waals surface area contributed by atoms with Crippen LogP contribution < -0.4 is 11.1 Å². The van der Waals surface area contributed by atoms with Gasteiger partial charge in [0.25, 0.3) is 0 Å². The van der Waals surface area contributed by atoms with E-state index in [-0.39, 0.29) is 11.8 Å². The summed E-state index contributed by atoms with van der Waals surface area (Å²) in [7, 11) is 0. The van der Waals surface area contributed by atoms with Crippen molar-refractivity contribution in [3.8, 4) is 0 Å². The van der Waals surface area contributed by atoms with Crippen LogP contribution in [0.1, 0.15) is 24.9 Å². The number of hydrogen-bond donors (Lipinski definition) is 3. The monoisotopic (exact) mass is 284 g/mol. The fourth-order valence-electron chi connectivity index (χ4n) is 1.65. The fraction of sp³-hybridized carbons (Fsp3) is 0.385. The van der Waals surface area contributed by atoms with Gasteiger partial charge >= 0.3 is 5.97 Å². The summed E-state index contributed by atoms with van der Waals surface area (Å²) in [6.07, 6.45) is 0.501. The minimum atomic E-state index is -1.15. The average molecular weight is 285 g/mol. The predicted octanol–water partition coefficient (Wildman–Crippen LogP) is 1.57. The number of carboxylic acids is 1. The summed E-state index contributed by atoms with van der Waals surface area (Å²) < 4.78 is 0. The molecule has 0 aliphatic heterocycles. The number of carbonyl (C=O) groups excluding carboxylic acids is 1. The smallest absolute Gasteiger partial charge is 0.330 e. The lowest BCUT2D eigenvalue weighted by atomic mass is 10.0. The maximum absolute atomic E-state index is 11.9. The summed E-state index contributed by atoms with van der Waals surface area (Å²) in [5.41, 5.74) is 5.74. The van der Waals surface area contributed by atoms with Crippen molar-refractivity contribution in [1.82, 2.24) is 5.32 Å². The van der Waals surface area contributed by atoms with Crippen LogP contribution in [0.2, 0.25) is 5.02 Å². The van der Waals surface area contributed by atoms with Gasteiger partial charge in [-0.25, -0.2) is 4.79 Å². The van der Waals surface area contributed by atoms with Crippen molar-refractivity contribution in [2.45, 2.75) is 19.4 Å². The average Bonchev–Trinajstić information content (AvgIpc) is 2.36. The third-order valence-electron chi connectivity index (χ3n) is 2.80. The van der Waals surface area contributed by atoms with Crippen LogP contribution in [-0.2, 0) is 9.59 Å². The minimum Gasteiger partial charge on any atom is -0.479 e. The Hall–Kier alpha value is -1.59. The number of rotatable bonds is 6. The zero-order valence-electron chi connectivity index (χ0n) is 10.6. The Balaban J connectivity index is 2.89. The molecule has 104 valence electrons. The SMILES string of the molecule is CC(CCN)C(=O)N[C@@H](C(=O)O)c1ccccc1Cl. The van der Waals surface area contributed by atoms with Crippen LogP contribution in [0.5, 0.6) is 0 Å². The Morgan fingerprint density at radius 2 is 2.05 bits per heavy atom. The van der Waals surface area contributed by atoms with Gasteiger partial charge in [-0.2, -0.15) is 0 Å². The van der Waals surface area contributed by atoms with Gasteiger partial charge in [-0.3, -0.25) is 4.79 Å². The van der Waals surface area contributed by atoms with Crippen LogP contribution in [0.4, 0.5) is 0 Å². The summed E-state index contributed by atoms with van der Waals surface area (Å²) in [5, 5.41) is 12.0. The van der Waals surface area contributed by atoms with E-state index >= 15 is 0 Å². The van der Waals surface area contributed by atoms with Gasteiger partial charge < -0.3 is 16.2 Å². The second kappa shape index (κ2) is 7.11. The number of carboxylic acid groups (broad SMARTS) is 1. The first-order chi connectivity index (χ1) is 8.97. The molecule has 1 amide bonds. The highest BCUT2D eigenvalue weighted by atomic mass is 35.5. The third-order valence-corrected chi connectivity index (χ3v) is 3.14. The molecule has 1 aromatic carbocycles. The van der Waals surface area contributed by atoms with Crippen molar-refractivity contribution in [3.63, 3.8) is 0 Å². The van der Waals surface area contributed by atoms with Crippen LogP contribution in [0.15, 0.2) is 24.3 Å².